The molecule has 2 heterocycles. The van der Waals surface area contributed by atoms with Crippen LogP contribution in [0.1, 0.15) is 25.3 Å². The van der Waals surface area contributed by atoms with Crippen molar-refractivity contribution in [1.29, 1.82) is 0 Å². The summed E-state index contributed by atoms with van der Waals surface area (Å²) < 4.78 is 63.0. The van der Waals surface area contributed by atoms with Crippen molar-refractivity contribution in [1.82, 2.24) is 14.1 Å². The predicted octanol–water partition coefficient (Wildman–Crippen LogP) is 4.10. The van der Waals surface area contributed by atoms with Gasteiger partial charge in [-0.2, -0.15) is 14.1 Å². The molecule has 8 nitrogen and oxygen atoms in total. The van der Waals surface area contributed by atoms with Gasteiger partial charge in [0.1, 0.15) is 17.3 Å². The summed E-state index contributed by atoms with van der Waals surface area (Å²) in [6.07, 6.45) is 3.39. The second kappa shape index (κ2) is 10.4. The lowest BCUT2D eigenvalue weighted by Gasteiger charge is -2.35. The molecule has 0 spiro atoms. The first-order chi connectivity index (χ1) is 18.0. The van der Waals surface area contributed by atoms with E-state index in [9.17, 15) is 22.0 Å². The summed E-state index contributed by atoms with van der Waals surface area (Å²) in [6, 6.07) is 9.96. The normalized spacial score (nSPS) is 17.4. The molecular weight excluding hydrogens is 582 g/mol. The number of hydrogen-bond donors (Lipinski definition) is 0. The zero-order chi connectivity index (χ0) is 27.1. The maximum absolute atomic E-state index is 13.8. The Hall–Kier alpha value is -2.83. The average Bonchev–Trinajstić information content (AvgIpc) is 3.59. The molecule has 0 atom stereocenters. The van der Waals surface area contributed by atoms with Gasteiger partial charge < -0.3 is 9.64 Å². The Morgan fingerprint density at radius 1 is 1.05 bits per heavy atom. The number of rotatable bonds is 8. The lowest BCUT2D eigenvalue weighted by molar-refractivity contribution is 0.242. The number of halogens is 3. The number of anilines is 1. The first-order valence-corrected chi connectivity index (χ1v) is 14.6. The Morgan fingerprint density at radius 2 is 1.74 bits per heavy atom. The van der Waals surface area contributed by atoms with Gasteiger partial charge in [-0.25, -0.2) is 17.2 Å². The van der Waals surface area contributed by atoms with Gasteiger partial charge in [0.25, 0.3) is 0 Å². The number of ether oxygens (including phenoxy) is 1. The fourth-order valence-corrected chi connectivity index (χ4v) is 6.33. The third kappa shape index (κ3) is 5.92. The largest absolute Gasteiger partial charge is 0.486 e. The monoisotopic (exact) mass is 608 g/mol. The summed E-state index contributed by atoms with van der Waals surface area (Å²) in [4.78, 5) is 15.3. The van der Waals surface area contributed by atoms with E-state index in [2.05, 4.69) is 28.0 Å². The van der Waals surface area contributed by atoms with Crippen LogP contribution in [0, 0.1) is 17.0 Å². The summed E-state index contributed by atoms with van der Waals surface area (Å²) in [6.45, 7) is 3.48. The maximum Gasteiger partial charge on any atom is 0.316 e. The molecule has 2 aromatic carbocycles. The summed E-state index contributed by atoms with van der Waals surface area (Å²) in [7, 11) is -3.55. The highest BCUT2D eigenvalue weighted by Gasteiger charge is 2.39. The van der Waals surface area contributed by atoms with E-state index in [1.807, 2.05) is 11.0 Å². The number of aromatic nitrogens is 2. The highest BCUT2D eigenvalue weighted by Crippen LogP contribution is 2.45. The smallest absolute Gasteiger partial charge is 0.316 e. The summed E-state index contributed by atoms with van der Waals surface area (Å²) in [5, 5.41) is 4.17. The van der Waals surface area contributed by atoms with Gasteiger partial charge in [0.05, 0.1) is 24.2 Å². The first-order valence-electron chi connectivity index (χ1n) is 12.2. The van der Waals surface area contributed by atoms with E-state index < -0.39 is 27.2 Å². The molecule has 0 radical (unpaired) electrons. The van der Waals surface area contributed by atoms with Crippen LogP contribution in [-0.2, 0) is 15.8 Å². The van der Waals surface area contributed by atoms with Crippen LogP contribution in [0.2, 0.25) is 0 Å². The fourth-order valence-electron chi connectivity index (χ4n) is 4.38. The minimum absolute atomic E-state index is 0.0258. The first kappa shape index (κ1) is 26.8. The van der Waals surface area contributed by atoms with E-state index in [-0.39, 0.29) is 35.7 Å². The van der Waals surface area contributed by atoms with Crippen LogP contribution >= 0.6 is 15.9 Å². The van der Waals surface area contributed by atoms with E-state index in [0.717, 1.165) is 40.2 Å². The Labute approximate surface area is 228 Å². The van der Waals surface area contributed by atoms with Crippen LogP contribution in [0.5, 0.6) is 5.75 Å². The Balaban J connectivity index is 1.38. The van der Waals surface area contributed by atoms with Crippen LogP contribution in [0.15, 0.2) is 57.9 Å². The maximum atomic E-state index is 13.8. The van der Waals surface area contributed by atoms with Crippen molar-refractivity contribution in [3.8, 4) is 11.4 Å². The molecule has 5 rings (SSSR count). The van der Waals surface area contributed by atoms with Crippen molar-refractivity contribution in [2.75, 3.05) is 37.7 Å². The van der Waals surface area contributed by atoms with Crippen LogP contribution in [0.3, 0.4) is 0 Å². The minimum Gasteiger partial charge on any atom is -0.486 e. The third-order valence-electron chi connectivity index (χ3n) is 6.89. The zero-order valence-corrected chi connectivity index (χ0v) is 23.1. The van der Waals surface area contributed by atoms with E-state index in [1.54, 1.807) is 18.2 Å². The second-order valence-corrected chi connectivity index (χ2v) is 13.0. The second-order valence-electron chi connectivity index (χ2n) is 10.1. The Bertz CT molecular complexity index is 1500. The molecule has 12 heteroatoms. The third-order valence-corrected chi connectivity index (χ3v) is 9.23. The molecule has 38 heavy (non-hydrogen) atoms. The van der Waals surface area contributed by atoms with E-state index >= 15 is 0 Å². The zero-order valence-electron chi connectivity index (χ0n) is 20.7. The molecule has 2 fully saturated rings. The molecule has 3 aromatic rings. The summed E-state index contributed by atoms with van der Waals surface area (Å²) in [5.74, 6) is -1.73. The lowest BCUT2D eigenvalue weighted by atomic mass is 10.2. The van der Waals surface area contributed by atoms with Crippen molar-refractivity contribution in [2.24, 2.45) is 5.41 Å². The molecule has 2 aliphatic rings. The van der Waals surface area contributed by atoms with Gasteiger partial charge in [-0.15, -0.1) is 0 Å². The van der Waals surface area contributed by atoms with Gasteiger partial charge in [0, 0.05) is 42.1 Å². The van der Waals surface area contributed by atoms with Gasteiger partial charge in [0.2, 0.25) is 15.8 Å². The van der Waals surface area contributed by atoms with E-state index in [4.69, 9.17) is 4.74 Å². The van der Waals surface area contributed by atoms with Gasteiger partial charge >= 0.3 is 5.56 Å². The number of piperazine rings is 1. The van der Waals surface area contributed by atoms with Crippen molar-refractivity contribution in [2.45, 2.75) is 25.5 Å². The molecule has 0 amide bonds. The molecule has 0 bridgehead atoms. The van der Waals surface area contributed by atoms with Crippen molar-refractivity contribution >= 4 is 31.6 Å². The number of nitrogens with zero attached hydrogens (tertiary/aromatic N) is 4. The molecular formula is C26H27BrF2N4O4S. The minimum atomic E-state index is -3.55. The fraction of sp³-hybridized carbons (Fsp3) is 0.385. The van der Waals surface area contributed by atoms with Crippen molar-refractivity contribution in [3.63, 3.8) is 0 Å². The van der Waals surface area contributed by atoms with Gasteiger partial charge in [0.15, 0.2) is 0 Å². The highest BCUT2D eigenvalue weighted by molar-refractivity contribution is 9.10. The molecule has 202 valence electrons. The van der Waals surface area contributed by atoms with Crippen LogP contribution in [0.4, 0.5) is 14.5 Å². The SMILES string of the molecule is CC1(COc2c(N3CCN(S(=O)(=O)Cc4cccc(Br)c4)CC3)cnn(-c3cc(F)cc(F)c3)c2=O)CC1. The highest BCUT2D eigenvalue weighted by atomic mass is 79.9. The van der Waals surface area contributed by atoms with Crippen LogP contribution in [0.25, 0.3) is 5.69 Å². The molecule has 1 saturated heterocycles. The molecule has 1 aliphatic carbocycles. The number of hydrogen-bond acceptors (Lipinski definition) is 6. The number of sulfonamides is 1. The molecule has 1 saturated carbocycles. The Morgan fingerprint density at radius 3 is 2.37 bits per heavy atom. The predicted molar refractivity (Wildman–Crippen MR) is 143 cm³/mol. The molecule has 0 unspecified atom stereocenters. The number of benzene rings is 2. The van der Waals surface area contributed by atoms with E-state index in [1.165, 1.54) is 10.5 Å². The summed E-state index contributed by atoms with van der Waals surface area (Å²) >= 11 is 3.37. The average molecular weight is 609 g/mol. The quantitative estimate of drug-likeness (QED) is 0.383. The molecule has 1 aliphatic heterocycles. The summed E-state index contributed by atoms with van der Waals surface area (Å²) in [5.41, 5.74) is 0.401. The molecule has 0 N–H and O–H groups in total. The molecule has 1 aromatic heterocycles. The van der Waals surface area contributed by atoms with Crippen molar-refractivity contribution in [3.05, 3.63) is 80.7 Å². The topological polar surface area (TPSA) is 84.7 Å². The van der Waals surface area contributed by atoms with E-state index in [0.29, 0.717) is 30.9 Å². The van der Waals surface area contributed by atoms with Gasteiger partial charge in [-0.1, -0.05) is 35.0 Å². The van der Waals surface area contributed by atoms with Gasteiger partial charge in [-0.05, 0) is 42.7 Å². The lowest BCUT2D eigenvalue weighted by Crippen LogP contribution is -2.49. The standard InChI is InChI=1S/C26H27BrF2N4O4S/c1-26(5-6-26)17-37-24-23(15-30-33(25(24)34)22-13-20(28)12-21(29)14-22)31-7-9-32(10-8-31)38(35,36)16-18-3-2-4-19(27)11-18/h2-4,11-15H,5-10,16-17H2,1H3. The van der Waals surface area contributed by atoms with Crippen LogP contribution in [-0.4, -0.2) is 55.3 Å². The van der Waals surface area contributed by atoms with Crippen molar-refractivity contribution < 1.29 is 21.9 Å². The van der Waals surface area contributed by atoms with Crippen LogP contribution < -0.4 is 15.2 Å². The van der Waals surface area contributed by atoms with Gasteiger partial charge in [-0.3, -0.25) is 4.79 Å². The Kier molecular flexibility index (Phi) is 7.31.